The molecule has 25 heavy (non-hydrogen) atoms. The van der Waals surface area contributed by atoms with Crippen molar-refractivity contribution in [2.75, 3.05) is 32.8 Å². The molecule has 1 saturated heterocycles. The van der Waals surface area contributed by atoms with Crippen molar-refractivity contribution in [2.45, 2.75) is 26.4 Å². The second-order valence-electron chi connectivity index (χ2n) is 7.30. The van der Waals surface area contributed by atoms with Gasteiger partial charge in [-0.3, -0.25) is 9.47 Å². The maximum atomic E-state index is 12.3. The zero-order valence-corrected chi connectivity index (χ0v) is 15.2. The fraction of sp³-hybridized carbons (Fsp3) is 0.450. The van der Waals surface area contributed by atoms with Crippen molar-refractivity contribution in [3.8, 4) is 0 Å². The van der Waals surface area contributed by atoms with E-state index in [2.05, 4.69) is 23.1 Å². The van der Waals surface area contributed by atoms with Gasteiger partial charge >= 0.3 is 6.09 Å². The van der Waals surface area contributed by atoms with Crippen LogP contribution in [0.2, 0.25) is 0 Å². The summed E-state index contributed by atoms with van der Waals surface area (Å²) in [5.41, 5.74) is 1.48. The van der Waals surface area contributed by atoms with Crippen LogP contribution in [0.25, 0.3) is 17.0 Å². The number of rotatable bonds is 3. The molecule has 1 aromatic carbocycles. The topological polar surface area (TPSA) is 43.7 Å². The van der Waals surface area contributed by atoms with Crippen molar-refractivity contribution in [1.82, 2.24) is 9.47 Å². The van der Waals surface area contributed by atoms with E-state index in [1.165, 1.54) is 0 Å². The smallest absolute Gasteiger partial charge is 0.418 e. The quantitative estimate of drug-likeness (QED) is 0.852. The van der Waals surface area contributed by atoms with Gasteiger partial charge in [-0.2, -0.15) is 0 Å². The van der Waals surface area contributed by atoms with Crippen LogP contribution in [-0.4, -0.2) is 54.0 Å². The molecular weight excluding hydrogens is 316 g/mol. The number of morpholine rings is 1. The van der Waals surface area contributed by atoms with E-state index in [1.54, 1.807) is 10.8 Å². The Morgan fingerprint density at radius 1 is 1.24 bits per heavy atom. The lowest BCUT2D eigenvalue weighted by Crippen LogP contribution is -2.36. The predicted octanol–water partition coefficient (Wildman–Crippen LogP) is 3.77. The van der Waals surface area contributed by atoms with E-state index >= 15 is 0 Å². The molecule has 0 saturated carbocycles. The number of nitrogens with zero attached hydrogens (tertiary/aromatic N) is 2. The molecule has 0 radical (unpaired) electrons. The largest absolute Gasteiger partial charge is 0.443 e. The summed E-state index contributed by atoms with van der Waals surface area (Å²) in [6, 6.07) is 8.03. The predicted molar refractivity (Wildman–Crippen MR) is 99.9 cm³/mol. The van der Waals surface area contributed by atoms with Crippen molar-refractivity contribution >= 4 is 23.1 Å². The van der Waals surface area contributed by atoms with E-state index < -0.39 is 5.60 Å². The number of hydrogen-bond acceptors (Lipinski definition) is 4. The molecule has 2 aromatic rings. The highest BCUT2D eigenvalue weighted by Gasteiger charge is 2.18. The number of ether oxygens (including phenoxy) is 2. The van der Waals surface area contributed by atoms with Crippen LogP contribution < -0.4 is 0 Å². The summed E-state index contributed by atoms with van der Waals surface area (Å²) in [6.45, 7) is 10.1. The Balaban J connectivity index is 1.69. The van der Waals surface area contributed by atoms with Gasteiger partial charge in [0.15, 0.2) is 0 Å². The highest BCUT2D eigenvalue weighted by Crippen LogP contribution is 2.20. The summed E-state index contributed by atoms with van der Waals surface area (Å²) in [4.78, 5) is 14.7. The monoisotopic (exact) mass is 342 g/mol. The molecule has 0 aliphatic carbocycles. The van der Waals surface area contributed by atoms with Gasteiger partial charge in [-0.25, -0.2) is 4.79 Å². The standard InChI is InChI=1S/C20H26N2O3/c1-20(2,3)25-19(23)22-10-8-17-15-16(6-7-18(17)22)5-4-9-21-11-13-24-14-12-21/h4-8,10,15H,9,11-14H2,1-3H3. The van der Waals surface area contributed by atoms with Crippen LogP contribution in [-0.2, 0) is 9.47 Å². The Labute approximate surface area is 148 Å². The minimum absolute atomic E-state index is 0.349. The number of carbonyl (C=O) groups excluding carboxylic acids is 1. The molecule has 0 atom stereocenters. The minimum atomic E-state index is -0.504. The van der Waals surface area contributed by atoms with E-state index in [4.69, 9.17) is 9.47 Å². The molecule has 134 valence electrons. The Bertz CT molecular complexity index is 765. The van der Waals surface area contributed by atoms with E-state index in [9.17, 15) is 4.79 Å². The number of benzene rings is 1. The van der Waals surface area contributed by atoms with Gasteiger partial charge in [0.1, 0.15) is 5.60 Å². The minimum Gasteiger partial charge on any atom is -0.443 e. The number of fused-ring (bicyclic) bond motifs is 1. The van der Waals surface area contributed by atoms with Crippen LogP contribution in [0.5, 0.6) is 0 Å². The molecule has 5 nitrogen and oxygen atoms in total. The van der Waals surface area contributed by atoms with Crippen LogP contribution in [0.3, 0.4) is 0 Å². The maximum Gasteiger partial charge on any atom is 0.418 e. The molecule has 1 aromatic heterocycles. The summed E-state index contributed by atoms with van der Waals surface area (Å²) in [6.07, 6.45) is 5.72. The third kappa shape index (κ3) is 4.71. The van der Waals surface area contributed by atoms with Gasteiger partial charge in [0.2, 0.25) is 0 Å². The Morgan fingerprint density at radius 3 is 2.72 bits per heavy atom. The third-order valence-electron chi connectivity index (χ3n) is 4.08. The summed E-state index contributed by atoms with van der Waals surface area (Å²) in [5, 5.41) is 1.03. The normalized spacial score (nSPS) is 16.6. The van der Waals surface area contributed by atoms with Crippen LogP contribution in [0.15, 0.2) is 36.5 Å². The highest BCUT2D eigenvalue weighted by atomic mass is 16.6. The average Bonchev–Trinajstić information content (AvgIpc) is 2.97. The number of aromatic nitrogens is 1. The van der Waals surface area contributed by atoms with Crippen LogP contribution in [0, 0.1) is 0 Å². The second kappa shape index (κ2) is 7.42. The van der Waals surface area contributed by atoms with Gasteiger partial charge in [0.25, 0.3) is 0 Å². The molecule has 0 bridgehead atoms. The fourth-order valence-electron chi connectivity index (χ4n) is 2.86. The lowest BCUT2D eigenvalue weighted by atomic mass is 10.1. The van der Waals surface area contributed by atoms with Gasteiger partial charge in [0, 0.05) is 31.2 Å². The van der Waals surface area contributed by atoms with Crippen LogP contribution in [0.4, 0.5) is 4.79 Å². The molecule has 0 spiro atoms. The van der Waals surface area contributed by atoms with Crippen molar-refractivity contribution < 1.29 is 14.3 Å². The van der Waals surface area contributed by atoms with Crippen molar-refractivity contribution in [3.63, 3.8) is 0 Å². The molecule has 5 heteroatoms. The molecule has 3 rings (SSSR count). The SMILES string of the molecule is CC(C)(C)OC(=O)n1ccc2cc(C=CCN3CCOCC3)ccc21. The summed E-state index contributed by atoms with van der Waals surface area (Å²) in [5.74, 6) is 0. The summed E-state index contributed by atoms with van der Waals surface area (Å²) < 4.78 is 12.4. The summed E-state index contributed by atoms with van der Waals surface area (Å²) >= 11 is 0. The maximum absolute atomic E-state index is 12.3. The molecule has 1 aliphatic rings. The van der Waals surface area contributed by atoms with Gasteiger partial charge in [-0.1, -0.05) is 18.2 Å². The van der Waals surface area contributed by atoms with Gasteiger partial charge in [-0.15, -0.1) is 0 Å². The lowest BCUT2D eigenvalue weighted by Gasteiger charge is -2.25. The van der Waals surface area contributed by atoms with Crippen molar-refractivity contribution in [1.29, 1.82) is 0 Å². The van der Waals surface area contributed by atoms with Gasteiger partial charge in [-0.05, 0) is 44.5 Å². The Morgan fingerprint density at radius 2 is 2.00 bits per heavy atom. The Kier molecular flexibility index (Phi) is 5.25. The molecule has 2 heterocycles. The lowest BCUT2D eigenvalue weighted by molar-refractivity contribution is 0.0435. The highest BCUT2D eigenvalue weighted by molar-refractivity contribution is 5.90. The summed E-state index contributed by atoms with van der Waals surface area (Å²) in [7, 11) is 0. The first-order valence-corrected chi connectivity index (χ1v) is 8.73. The van der Waals surface area contributed by atoms with Crippen LogP contribution in [0.1, 0.15) is 26.3 Å². The van der Waals surface area contributed by atoms with E-state index in [0.717, 1.165) is 49.3 Å². The Hall–Kier alpha value is -2.11. The second-order valence-corrected chi connectivity index (χ2v) is 7.30. The molecule has 0 unspecified atom stereocenters. The van der Waals surface area contributed by atoms with Gasteiger partial charge < -0.3 is 9.47 Å². The molecule has 0 N–H and O–H groups in total. The van der Waals surface area contributed by atoms with Crippen LogP contribution >= 0.6 is 0 Å². The zero-order valence-electron chi connectivity index (χ0n) is 15.2. The molecule has 1 fully saturated rings. The first kappa shape index (κ1) is 17.7. The molecular formula is C20H26N2O3. The first-order chi connectivity index (χ1) is 11.9. The molecule has 0 amide bonds. The number of hydrogen-bond donors (Lipinski definition) is 0. The molecule has 1 aliphatic heterocycles. The van der Waals surface area contributed by atoms with E-state index in [-0.39, 0.29) is 6.09 Å². The zero-order chi connectivity index (χ0) is 17.9. The fourth-order valence-corrected chi connectivity index (χ4v) is 2.86. The first-order valence-electron chi connectivity index (χ1n) is 8.73. The van der Waals surface area contributed by atoms with Crippen molar-refractivity contribution in [3.05, 3.63) is 42.1 Å². The van der Waals surface area contributed by atoms with E-state index in [0.29, 0.717) is 0 Å². The van der Waals surface area contributed by atoms with E-state index in [1.807, 2.05) is 39.0 Å². The van der Waals surface area contributed by atoms with Gasteiger partial charge in [0.05, 0.1) is 18.7 Å². The van der Waals surface area contributed by atoms with Crippen molar-refractivity contribution in [2.24, 2.45) is 0 Å². The number of carbonyl (C=O) groups is 1. The average molecular weight is 342 g/mol. The third-order valence-corrected chi connectivity index (χ3v) is 4.08.